The third kappa shape index (κ3) is 2.51. The highest BCUT2D eigenvalue weighted by atomic mass is 79.9. The van der Waals surface area contributed by atoms with E-state index < -0.39 is 0 Å². The van der Waals surface area contributed by atoms with E-state index in [1.807, 2.05) is 4.90 Å². The second kappa shape index (κ2) is 4.51. The van der Waals surface area contributed by atoms with E-state index in [1.54, 1.807) is 0 Å². The predicted molar refractivity (Wildman–Crippen MR) is 59.6 cm³/mol. The van der Waals surface area contributed by atoms with E-state index in [0.717, 1.165) is 32.5 Å². The summed E-state index contributed by atoms with van der Waals surface area (Å²) >= 11 is 3.38. The van der Waals surface area contributed by atoms with Crippen molar-refractivity contribution >= 4 is 27.7 Å². The fraction of sp³-hybridized carbons (Fsp3) is 0.800. The van der Waals surface area contributed by atoms with Crippen molar-refractivity contribution < 1.29 is 9.59 Å². The Bertz CT molecular complexity index is 283. The predicted octanol–water partition coefficient (Wildman–Crippen LogP) is 0.508. The number of amides is 2. The minimum absolute atomic E-state index is 0.0173. The van der Waals surface area contributed by atoms with Crippen LogP contribution in [0.5, 0.6) is 0 Å². The van der Waals surface area contributed by atoms with Gasteiger partial charge in [0, 0.05) is 32.0 Å². The number of alkyl halides is 1. The van der Waals surface area contributed by atoms with Gasteiger partial charge in [-0.2, -0.15) is 0 Å². The van der Waals surface area contributed by atoms with Crippen molar-refractivity contribution in [2.24, 2.45) is 5.92 Å². The monoisotopic (exact) mass is 274 g/mol. The van der Waals surface area contributed by atoms with Crippen LogP contribution in [-0.4, -0.2) is 41.2 Å². The summed E-state index contributed by atoms with van der Waals surface area (Å²) in [6, 6.07) is 0. The summed E-state index contributed by atoms with van der Waals surface area (Å²) in [5, 5.41) is 2.80. The first kappa shape index (κ1) is 10.9. The average Bonchev–Trinajstić information content (AvgIpc) is 2.59. The minimum Gasteiger partial charge on any atom is -0.356 e. The maximum Gasteiger partial charge on any atom is 0.236 e. The lowest BCUT2D eigenvalue weighted by molar-refractivity contribution is -0.133. The van der Waals surface area contributed by atoms with Crippen LogP contribution in [0.2, 0.25) is 0 Å². The number of halogens is 1. The first-order valence-corrected chi connectivity index (χ1v) is 6.28. The first-order valence-electron chi connectivity index (χ1n) is 5.36. The van der Waals surface area contributed by atoms with Gasteiger partial charge in [0.2, 0.25) is 11.8 Å². The maximum atomic E-state index is 11.8. The van der Waals surface area contributed by atoms with Gasteiger partial charge in [0.05, 0.1) is 4.83 Å². The molecular formula is C10H15BrN2O2. The van der Waals surface area contributed by atoms with Crippen molar-refractivity contribution in [2.75, 3.05) is 19.6 Å². The van der Waals surface area contributed by atoms with Crippen LogP contribution < -0.4 is 5.32 Å². The Morgan fingerprint density at radius 1 is 1.47 bits per heavy atom. The van der Waals surface area contributed by atoms with Crippen LogP contribution in [0, 0.1) is 5.92 Å². The molecule has 0 aromatic rings. The second-order valence-electron chi connectivity index (χ2n) is 4.27. The van der Waals surface area contributed by atoms with E-state index in [-0.39, 0.29) is 16.6 Å². The van der Waals surface area contributed by atoms with Crippen LogP contribution in [0.3, 0.4) is 0 Å². The molecule has 2 aliphatic heterocycles. The fourth-order valence-corrected chi connectivity index (χ4v) is 2.79. The number of likely N-dealkylation sites (tertiary alicyclic amines) is 1. The van der Waals surface area contributed by atoms with Crippen molar-refractivity contribution in [2.45, 2.75) is 24.1 Å². The van der Waals surface area contributed by atoms with Crippen LogP contribution in [0.25, 0.3) is 0 Å². The molecule has 2 aliphatic rings. The maximum absolute atomic E-state index is 11.8. The normalized spacial score (nSPS) is 31.9. The molecule has 1 N–H and O–H groups in total. The van der Waals surface area contributed by atoms with E-state index in [0.29, 0.717) is 12.3 Å². The minimum atomic E-state index is -0.0173. The molecule has 5 heteroatoms. The zero-order valence-electron chi connectivity index (χ0n) is 8.54. The van der Waals surface area contributed by atoms with Crippen molar-refractivity contribution in [1.29, 1.82) is 0 Å². The van der Waals surface area contributed by atoms with E-state index in [9.17, 15) is 9.59 Å². The molecule has 2 amide bonds. The highest BCUT2D eigenvalue weighted by Crippen LogP contribution is 2.20. The van der Waals surface area contributed by atoms with Crippen molar-refractivity contribution in [3.63, 3.8) is 0 Å². The van der Waals surface area contributed by atoms with Crippen LogP contribution in [0.4, 0.5) is 0 Å². The molecule has 2 saturated heterocycles. The highest BCUT2D eigenvalue weighted by molar-refractivity contribution is 9.10. The zero-order valence-corrected chi connectivity index (χ0v) is 10.1. The average molecular weight is 275 g/mol. The summed E-state index contributed by atoms with van der Waals surface area (Å²) in [6.45, 7) is 2.28. The molecule has 2 rings (SSSR count). The molecule has 2 fully saturated rings. The van der Waals surface area contributed by atoms with Gasteiger partial charge < -0.3 is 10.2 Å². The van der Waals surface area contributed by atoms with Gasteiger partial charge in [0.1, 0.15) is 0 Å². The molecule has 2 unspecified atom stereocenters. The molecule has 84 valence electrons. The summed E-state index contributed by atoms with van der Waals surface area (Å²) in [6.07, 6.45) is 2.55. The van der Waals surface area contributed by atoms with Crippen LogP contribution in [-0.2, 0) is 9.59 Å². The third-order valence-corrected chi connectivity index (χ3v) is 3.86. The Morgan fingerprint density at radius 3 is 2.93 bits per heavy atom. The van der Waals surface area contributed by atoms with Crippen molar-refractivity contribution in [1.82, 2.24) is 10.2 Å². The number of piperidine rings is 1. The quantitative estimate of drug-likeness (QED) is 0.746. The number of hydrogen-bond donors (Lipinski definition) is 1. The third-order valence-electron chi connectivity index (χ3n) is 3.01. The summed E-state index contributed by atoms with van der Waals surface area (Å²) in [4.78, 5) is 24.7. The van der Waals surface area contributed by atoms with Crippen LogP contribution in [0.15, 0.2) is 0 Å². The standard InChI is InChI=1S/C10H15BrN2O2/c11-8-2-1-3-13(10(8)15)6-7-4-9(14)12-5-7/h7-8H,1-6H2,(H,12,14). The Kier molecular flexibility index (Phi) is 3.29. The van der Waals surface area contributed by atoms with Gasteiger partial charge >= 0.3 is 0 Å². The Labute approximate surface area is 97.5 Å². The van der Waals surface area contributed by atoms with Gasteiger partial charge in [-0.15, -0.1) is 0 Å². The van der Waals surface area contributed by atoms with Crippen molar-refractivity contribution in [3.05, 3.63) is 0 Å². The van der Waals surface area contributed by atoms with Gasteiger partial charge in [-0.05, 0) is 12.8 Å². The van der Waals surface area contributed by atoms with Gasteiger partial charge in [0.25, 0.3) is 0 Å². The summed E-state index contributed by atoms with van der Waals surface area (Å²) in [7, 11) is 0. The Morgan fingerprint density at radius 2 is 2.27 bits per heavy atom. The zero-order chi connectivity index (χ0) is 10.8. The molecule has 0 spiro atoms. The van der Waals surface area contributed by atoms with Crippen molar-refractivity contribution in [3.8, 4) is 0 Å². The molecular weight excluding hydrogens is 260 g/mol. The summed E-state index contributed by atoms with van der Waals surface area (Å²) in [5.41, 5.74) is 0. The molecule has 15 heavy (non-hydrogen) atoms. The molecule has 0 bridgehead atoms. The molecule has 2 heterocycles. The Balaban J connectivity index is 1.88. The van der Waals surface area contributed by atoms with Crippen LogP contribution in [0.1, 0.15) is 19.3 Å². The highest BCUT2D eigenvalue weighted by Gasteiger charge is 2.30. The molecule has 4 nitrogen and oxygen atoms in total. The second-order valence-corrected chi connectivity index (χ2v) is 5.37. The SMILES string of the molecule is O=C1CC(CN2CCCC(Br)C2=O)CN1. The molecule has 0 aromatic carbocycles. The first-order chi connectivity index (χ1) is 7.16. The molecule has 0 saturated carbocycles. The molecule has 0 aliphatic carbocycles. The summed E-state index contributed by atoms with van der Waals surface area (Å²) < 4.78 is 0. The Hall–Kier alpha value is -0.580. The van der Waals surface area contributed by atoms with Gasteiger partial charge in [-0.25, -0.2) is 0 Å². The lowest BCUT2D eigenvalue weighted by atomic mass is 10.0. The number of hydrogen-bond acceptors (Lipinski definition) is 2. The molecule has 0 radical (unpaired) electrons. The number of rotatable bonds is 2. The van der Waals surface area contributed by atoms with Crippen LogP contribution >= 0.6 is 15.9 Å². The largest absolute Gasteiger partial charge is 0.356 e. The number of nitrogens with one attached hydrogen (secondary N) is 1. The summed E-state index contributed by atoms with van der Waals surface area (Å²) in [5.74, 6) is 0.597. The van der Waals surface area contributed by atoms with E-state index in [2.05, 4.69) is 21.2 Å². The van der Waals surface area contributed by atoms with E-state index in [4.69, 9.17) is 0 Å². The van der Waals surface area contributed by atoms with Gasteiger partial charge in [-0.1, -0.05) is 15.9 Å². The van der Waals surface area contributed by atoms with E-state index >= 15 is 0 Å². The lowest BCUT2D eigenvalue weighted by Gasteiger charge is -2.31. The molecule has 2 atom stereocenters. The number of carbonyl (C=O) groups is 2. The topological polar surface area (TPSA) is 49.4 Å². The number of carbonyl (C=O) groups excluding carboxylic acids is 2. The smallest absolute Gasteiger partial charge is 0.236 e. The fourth-order valence-electron chi connectivity index (χ4n) is 2.18. The van der Waals surface area contributed by atoms with Gasteiger partial charge in [0.15, 0.2) is 0 Å². The van der Waals surface area contributed by atoms with Gasteiger partial charge in [-0.3, -0.25) is 9.59 Å². The lowest BCUT2D eigenvalue weighted by Crippen LogP contribution is -2.44. The number of nitrogens with zero attached hydrogens (tertiary/aromatic N) is 1. The van der Waals surface area contributed by atoms with E-state index in [1.165, 1.54) is 0 Å². The molecule has 0 aromatic heterocycles.